The third kappa shape index (κ3) is 6.76. The number of aryl methyl sites for hydroxylation is 1. The Morgan fingerprint density at radius 1 is 0.868 bits per heavy atom. The first-order valence-corrected chi connectivity index (χ1v) is 14.6. The van der Waals surface area contributed by atoms with E-state index in [4.69, 9.17) is 4.74 Å². The van der Waals surface area contributed by atoms with E-state index in [0.717, 1.165) is 10.5 Å². The van der Waals surface area contributed by atoms with Gasteiger partial charge in [-0.25, -0.2) is 8.42 Å². The maximum absolute atomic E-state index is 13.9. The predicted octanol–water partition coefficient (Wildman–Crippen LogP) is 5.92. The topological polar surface area (TPSA) is 75.7 Å². The Bertz CT molecular complexity index is 1460. The minimum absolute atomic E-state index is 0.0722. The van der Waals surface area contributed by atoms with Gasteiger partial charge in [0, 0.05) is 17.2 Å². The van der Waals surface area contributed by atoms with Gasteiger partial charge in [-0.1, -0.05) is 60.2 Å². The maximum Gasteiger partial charge on any atom is 0.264 e. The number of rotatable bonds is 11. The molecule has 0 spiro atoms. The van der Waals surface area contributed by atoms with Crippen molar-refractivity contribution in [1.29, 1.82) is 0 Å². The number of sulfonamides is 1. The first-order valence-electron chi connectivity index (χ1n) is 12.2. The van der Waals surface area contributed by atoms with Crippen LogP contribution in [0.4, 0.5) is 5.69 Å². The molecular formula is C30H30N2O4S2. The first kappa shape index (κ1) is 27.3. The van der Waals surface area contributed by atoms with Crippen LogP contribution < -0.4 is 14.4 Å². The Morgan fingerprint density at radius 2 is 1.53 bits per heavy atom. The van der Waals surface area contributed by atoms with Gasteiger partial charge in [-0.2, -0.15) is 0 Å². The average Bonchev–Trinajstić information content (AvgIpc) is 2.95. The number of anilines is 1. The summed E-state index contributed by atoms with van der Waals surface area (Å²) in [5.74, 6) is 0.921. The fourth-order valence-corrected chi connectivity index (χ4v) is 6.11. The van der Waals surface area contributed by atoms with Gasteiger partial charge in [-0.05, 0) is 61.0 Å². The van der Waals surface area contributed by atoms with E-state index in [1.807, 2.05) is 37.3 Å². The molecule has 0 aliphatic rings. The summed E-state index contributed by atoms with van der Waals surface area (Å²) in [5, 5.41) is 2.95. The molecule has 0 aliphatic heterocycles. The fraction of sp³-hybridized carbons (Fsp3) is 0.167. The van der Waals surface area contributed by atoms with Gasteiger partial charge in [0.05, 0.1) is 29.8 Å². The molecule has 0 fully saturated rings. The standard InChI is InChI=1S/C30H30N2O4S2/c1-23-12-16-26(17-13-23)37-21-20-31-30(33)28-10-6-7-11-29(28)32(22-24-8-4-3-5-9-24)38(34,35)27-18-14-25(36-2)15-19-27/h3-19H,20-22H2,1-2H3,(H,31,33). The number of carbonyl (C=O) groups excluding carboxylic acids is 1. The van der Waals surface area contributed by atoms with Crippen LogP contribution in [-0.2, 0) is 16.6 Å². The molecule has 4 aromatic carbocycles. The Hall–Kier alpha value is -3.75. The second kappa shape index (κ2) is 12.7. The molecule has 4 rings (SSSR count). The Labute approximate surface area is 228 Å². The van der Waals surface area contributed by atoms with Crippen molar-refractivity contribution >= 4 is 33.4 Å². The van der Waals surface area contributed by atoms with Gasteiger partial charge in [0.15, 0.2) is 0 Å². The first-order chi connectivity index (χ1) is 18.4. The van der Waals surface area contributed by atoms with Crippen molar-refractivity contribution in [3.63, 3.8) is 0 Å². The van der Waals surface area contributed by atoms with Crippen LogP contribution in [0.25, 0.3) is 0 Å². The van der Waals surface area contributed by atoms with Crippen molar-refractivity contribution in [3.8, 4) is 5.75 Å². The highest BCUT2D eigenvalue weighted by Gasteiger charge is 2.28. The lowest BCUT2D eigenvalue weighted by molar-refractivity contribution is 0.0957. The molecular weight excluding hydrogens is 516 g/mol. The summed E-state index contributed by atoms with van der Waals surface area (Å²) < 4.78 is 34.3. The zero-order valence-corrected chi connectivity index (χ0v) is 23.0. The molecule has 0 saturated heterocycles. The summed E-state index contributed by atoms with van der Waals surface area (Å²) in [6, 6.07) is 30.6. The van der Waals surface area contributed by atoms with E-state index in [-0.39, 0.29) is 17.3 Å². The van der Waals surface area contributed by atoms with Gasteiger partial charge in [-0.15, -0.1) is 11.8 Å². The summed E-state index contributed by atoms with van der Waals surface area (Å²) >= 11 is 1.65. The summed E-state index contributed by atoms with van der Waals surface area (Å²) in [7, 11) is -2.48. The second-order valence-electron chi connectivity index (χ2n) is 8.61. The van der Waals surface area contributed by atoms with E-state index in [1.165, 1.54) is 29.1 Å². The Balaban J connectivity index is 1.59. The number of ether oxygens (including phenoxy) is 1. The van der Waals surface area contributed by atoms with Crippen molar-refractivity contribution in [2.24, 2.45) is 0 Å². The van der Waals surface area contributed by atoms with Gasteiger partial charge in [0.1, 0.15) is 5.75 Å². The molecule has 8 heteroatoms. The van der Waals surface area contributed by atoms with Crippen LogP contribution in [0.15, 0.2) is 113 Å². The highest BCUT2D eigenvalue weighted by Crippen LogP contribution is 2.30. The molecule has 1 amide bonds. The van der Waals surface area contributed by atoms with Crippen LogP contribution in [0.5, 0.6) is 5.75 Å². The number of nitrogens with one attached hydrogen (secondary N) is 1. The van der Waals surface area contributed by atoms with Crippen LogP contribution in [0.2, 0.25) is 0 Å². The maximum atomic E-state index is 13.9. The number of amides is 1. The van der Waals surface area contributed by atoms with E-state index in [9.17, 15) is 13.2 Å². The number of methoxy groups -OCH3 is 1. The average molecular weight is 547 g/mol. The fourth-order valence-electron chi connectivity index (χ4n) is 3.87. The molecule has 0 radical (unpaired) electrons. The monoisotopic (exact) mass is 546 g/mol. The quantitative estimate of drug-likeness (QED) is 0.187. The summed E-state index contributed by atoms with van der Waals surface area (Å²) in [5.41, 5.74) is 2.61. The van der Waals surface area contributed by atoms with Gasteiger partial charge >= 0.3 is 0 Å². The van der Waals surface area contributed by atoms with Crippen molar-refractivity contribution < 1.29 is 17.9 Å². The van der Waals surface area contributed by atoms with E-state index in [1.54, 1.807) is 48.2 Å². The van der Waals surface area contributed by atoms with Crippen molar-refractivity contribution in [2.45, 2.75) is 23.3 Å². The molecule has 4 aromatic rings. The third-order valence-electron chi connectivity index (χ3n) is 5.91. The largest absolute Gasteiger partial charge is 0.497 e. The van der Waals surface area contributed by atoms with Gasteiger partial charge < -0.3 is 10.1 Å². The van der Waals surface area contributed by atoms with Crippen molar-refractivity contribution in [1.82, 2.24) is 5.32 Å². The van der Waals surface area contributed by atoms with Crippen molar-refractivity contribution in [2.75, 3.05) is 23.7 Å². The molecule has 0 bridgehead atoms. The lowest BCUT2D eigenvalue weighted by Crippen LogP contribution is -2.34. The third-order valence-corrected chi connectivity index (χ3v) is 8.70. The van der Waals surface area contributed by atoms with Crippen LogP contribution in [0.1, 0.15) is 21.5 Å². The van der Waals surface area contributed by atoms with Crippen LogP contribution in [0, 0.1) is 6.92 Å². The number of thioether (sulfide) groups is 1. The van der Waals surface area contributed by atoms with Gasteiger partial charge in [-0.3, -0.25) is 9.10 Å². The normalized spacial score (nSPS) is 11.1. The molecule has 0 aromatic heterocycles. The van der Waals surface area contributed by atoms with E-state index in [0.29, 0.717) is 29.3 Å². The number of benzene rings is 4. The second-order valence-corrected chi connectivity index (χ2v) is 11.6. The van der Waals surface area contributed by atoms with Crippen molar-refractivity contribution in [3.05, 3.63) is 120 Å². The Morgan fingerprint density at radius 3 is 2.21 bits per heavy atom. The minimum Gasteiger partial charge on any atom is -0.497 e. The van der Waals surface area contributed by atoms with Crippen LogP contribution >= 0.6 is 11.8 Å². The number of hydrogen-bond acceptors (Lipinski definition) is 5. The molecule has 38 heavy (non-hydrogen) atoms. The van der Waals surface area contributed by atoms with E-state index >= 15 is 0 Å². The highest BCUT2D eigenvalue weighted by molar-refractivity contribution is 7.99. The summed E-state index contributed by atoms with van der Waals surface area (Å²) in [6.45, 7) is 2.56. The molecule has 0 unspecified atom stereocenters. The molecule has 0 heterocycles. The molecule has 1 N–H and O–H groups in total. The number of para-hydroxylation sites is 1. The molecule has 0 aliphatic carbocycles. The lowest BCUT2D eigenvalue weighted by Gasteiger charge is -2.26. The van der Waals surface area contributed by atoms with Crippen LogP contribution in [0.3, 0.4) is 0 Å². The molecule has 196 valence electrons. The summed E-state index contributed by atoms with van der Waals surface area (Å²) in [6.07, 6.45) is 0. The molecule has 0 saturated carbocycles. The van der Waals surface area contributed by atoms with Gasteiger partial charge in [0.2, 0.25) is 0 Å². The van der Waals surface area contributed by atoms with E-state index < -0.39 is 10.0 Å². The van der Waals surface area contributed by atoms with E-state index in [2.05, 4.69) is 29.6 Å². The van der Waals surface area contributed by atoms with Crippen LogP contribution in [-0.4, -0.2) is 33.7 Å². The zero-order chi connectivity index (χ0) is 27.0. The minimum atomic E-state index is -4.00. The number of carbonyl (C=O) groups is 1. The number of hydrogen-bond donors (Lipinski definition) is 1. The number of nitrogens with zero attached hydrogens (tertiary/aromatic N) is 1. The highest BCUT2D eigenvalue weighted by atomic mass is 32.2. The zero-order valence-electron chi connectivity index (χ0n) is 21.3. The Kier molecular flexibility index (Phi) is 9.10. The summed E-state index contributed by atoms with van der Waals surface area (Å²) in [4.78, 5) is 14.5. The van der Waals surface area contributed by atoms with Gasteiger partial charge in [0.25, 0.3) is 15.9 Å². The molecule has 0 atom stereocenters. The SMILES string of the molecule is COc1ccc(S(=O)(=O)N(Cc2ccccc2)c2ccccc2C(=O)NCCSc2ccc(C)cc2)cc1. The predicted molar refractivity (Wildman–Crippen MR) is 153 cm³/mol. The molecule has 6 nitrogen and oxygen atoms in total. The lowest BCUT2D eigenvalue weighted by atomic mass is 10.1. The smallest absolute Gasteiger partial charge is 0.264 e.